The van der Waals surface area contributed by atoms with E-state index in [1.807, 2.05) is 24.3 Å². The van der Waals surface area contributed by atoms with E-state index in [4.69, 9.17) is 0 Å². The quantitative estimate of drug-likeness (QED) is 0.866. The number of amides is 1. The first-order chi connectivity index (χ1) is 8.56. The van der Waals surface area contributed by atoms with Crippen LogP contribution in [-0.2, 0) is 0 Å². The molecule has 1 N–H and O–H groups in total. The predicted octanol–water partition coefficient (Wildman–Crippen LogP) is 2.99. The summed E-state index contributed by atoms with van der Waals surface area (Å²) < 4.78 is 0. The van der Waals surface area contributed by atoms with Gasteiger partial charge in [-0.05, 0) is 37.5 Å². The maximum absolute atomic E-state index is 11.9. The van der Waals surface area contributed by atoms with E-state index in [-0.39, 0.29) is 5.91 Å². The Morgan fingerprint density at radius 2 is 2.17 bits per heavy atom. The number of rotatable bonds is 5. The summed E-state index contributed by atoms with van der Waals surface area (Å²) in [5, 5.41) is 3.48. The lowest BCUT2D eigenvalue weighted by atomic mass is 10.1. The summed E-state index contributed by atoms with van der Waals surface area (Å²) in [7, 11) is 3.55. The smallest absolute Gasteiger partial charge is 0.253 e. The van der Waals surface area contributed by atoms with Gasteiger partial charge >= 0.3 is 0 Å². The lowest BCUT2D eigenvalue weighted by Gasteiger charge is -2.16. The third-order valence-electron chi connectivity index (χ3n) is 3.31. The van der Waals surface area contributed by atoms with Gasteiger partial charge in [-0.3, -0.25) is 4.79 Å². The zero-order valence-electron chi connectivity index (χ0n) is 11.4. The van der Waals surface area contributed by atoms with Crippen LogP contribution in [0.25, 0.3) is 0 Å². The van der Waals surface area contributed by atoms with E-state index in [0.29, 0.717) is 6.04 Å². The fourth-order valence-corrected chi connectivity index (χ4v) is 2.20. The summed E-state index contributed by atoms with van der Waals surface area (Å²) in [6, 6.07) is 8.23. The molecule has 18 heavy (non-hydrogen) atoms. The largest absolute Gasteiger partial charge is 0.383 e. The summed E-state index contributed by atoms with van der Waals surface area (Å²) in [5.74, 6) is 0.965. The standard InChI is InChI=1S/C15H22N2O/c1-11(9-12-7-8-12)16-14-6-4-5-13(10-14)15(18)17(2)3/h4-6,10-12,16H,7-9H2,1-3H3. The van der Waals surface area contributed by atoms with Crippen molar-refractivity contribution in [1.29, 1.82) is 0 Å². The number of carbonyl (C=O) groups excluding carboxylic acids is 1. The van der Waals surface area contributed by atoms with Crippen molar-refractivity contribution in [1.82, 2.24) is 4.90 Å². The number of hydrogen-bond acceptors (Lipinski definition) is 2. The Bertz CT molecular complexity index is 424. The molecule has 0 spiro atoms. The lowest BCUT2D eigenvalue weighted by Crippen LogP contribution is -2.22. The van der Waals surface area contributed by atoms with E-state index in [9.17, 15) is 4.79 Å². The fourth-order valence-electron chi connectivity index (χ4n) is 2.20. The first-order valence-electron chi connectivity index (χ1n) is 6.64. The monoisotopic (exact) mass is 246 g/mol. The molecule has 1 saturated carbocycles. The van der Waals surface area contributed by atoms with E-state index in [0.717, 1.165) is 17.2 Å². The average Bonchev–Trinajstić information content (AvgIpc) is 3.12. The third-order valence-corrected chi connectivity index (χ3v) is 3.31. The molecule has 0 aromatic heterocycles. The van der Waals surface area contributed by atoms with Gasteiger partial charge in [-0.1, -0.05) is 18.9 Å². The van der Waals surface area contributed by atoms with Crippen LogP contribution in [0.5, 0.6) is 0 Å². The van der Waals surface area contributed by atoms with Crippen LogP contribution in [0.2, 0.25) is 0 Å². The van der Waals surface area contributed by atoms with Gasteiger partial charge in [-0.2, -0.15) is 0 Å². The van der Waals surface area contributed by atoms with E-state index < -0.39 is 0 Å². The molecule has 1 aromatic carbocycles. The number of carbonyl (C=O) groups is 1. The zero-order chi connectivity index (χ0) is 13.1. The zero-order valence-corrected chi connectivity index (χ0v) is 11.4. The van der Waals surface area contributed by atoms with Crippen LogP contribution in [0.4, 0.5) is 5.69 Å². The van der Waals surface area contributed by atoms with Crippen LogP contribution in [-0.4, -0.2) is 30.9 Å². The number of nitrogens with zero attached hydrogens (tertiary/aromatic N) is 1. The van der Waals surface area contributed by atoms with Crippen LogP contribution >= 0.6 is 0 Å². The van der Waals surface area contributed by atoms with Crippen molar-refractivity contribution in [2.45, 2.75) is 32.2 Å². The van der Waals surface area contributed by atoms with Crippen molar-refractivity contribution < 1.29 is 4.79 Å². The highest BCUT2D eigenvalue weighted by Crippen LogP contribution is 2.34. The number of benzene rings is 1. The summed E-state index contributed by atoms with van der Waals surface area (Å²) in [5.41, 5.74) is 1.78. The number of hydrogen-bond donors (Lipinski definition) is 1. The van der Waals surface area contributed by atoms with Gasteiger partial charge in [-0.15, -0.1) is 0 Å². The van der Waals surface area contributed by atoms with Gasteiger partial charge in [0.15, 0.2) is 0 Å². The Kier molecular flexibility index (Phi) is 3.90. The van der Waals surface area contributed by atoms with Crippen molar-refractivity contribution in [2.24, 2.45) is 5.92 Å². The number of nitrogens with one attached hydrogen (secondary N) is 1. The van der Waals surface area contributed by atoms with Crippen molar-refractivity contribution >= 4 is 11.6 Å². The van der Waals surface area contributed by atoms with Gasteiger partial charge in [0.2, 0.25) is 0 Å². The maximum atomic E-state index is 11.9. The normalized spacial score (nSPS) is 16.2. The molecule has 0 aliphatic heterocycles. The highest BCUT2D eigenvalue weighted by atomic mass is 16.2. The van der Waals surface area contributed by atoms with Crippen molar-refractivity contribution in [2.75, 3.05) is 19.4 Å². The first kappa shape index (κ1) is 12.9. The Labute approximate surface area is 109 Å². The number of anilines is 1. The van der Waals surface area contributed by atoms with Gasteiger partial charge in [-0.25, -0.2) is 0 Å². The Hall–Kier alpha value is -1.51. The van der Waals surface area contributed by atoms with E-state index >= 15 is 0 Å². The van der Waals surface area contributed by atoms with E-state index in [2.05, 4.69) is 12.2 Å². The second kappa shape index (κ2) is 5.42. The van der Waals surface area contributed by atoms with Crippen LogP contribution < -0.4 is 5.32 Å². The topological polar surface area (TPSA) is 32.3 Å². The minimum absolute atomic E-state index is 0.0495. The molecule has 1 amide bonds. The Morgan fingerprint density at radius 1 is 1.44 bits per heavy atom. The fraction of sp³-hybridized carbons (Fsp3) is 0.533. The molecule has 3 nitrogen and oxygen atoms in total. The summed E-state index contributed by atoms with van der Waals surface area (Å²) in [6.07, 6.45) is 3.99. The van der Waals surface area contributed by atoms with Crippen LogP contribution in [0, 0.1) is 5.92 Å². The molecule has 0 radical (unpaired) electrons. The van der Waals surface area contributed by atoms with E-state index in [1.165, 1.54) is 19.3 Å². The van der Waals surface area contributed by atoms with Gasteiger partial charge in [0.05, 0.1) is 0 Å². The minimum atomic E-state index is 0.0495. The van der Waals surface area contributed by atoms with Crippen molar-refractivity contribution in [3.63, 3.8) is 0 Å². The molecule has 1 atom stereocenters. The molecule has 0 saturated heterocycles. The second-order valence-corrected chi connectivity index (χ2v) is 5.50. The van der Waals surface area contributed by atoms with Gasteiger partial charge in [0.1, 0.15) is 0 Å². The summed E-state index contributed by atoms with van der Waals surface area (Å²) in [6.45, 7) is 2.21. The van der Waals surface area contributed by atoms with Crippen molar-refractivity contribution in [3.05, 3.63) is 29.8 Å². The summed E-state index contributed by atoms with van der Waals surface area (Å²) in [4.78, 5) is 13.5. The summed E-state index contributed by atoms with van der Waals surface area (Å²) >= 11 is 0. The highest BCUT2D eigenvalue weighted by Gasteiger charge is 2.23. The van der Waals surface area contributed by atoms with Crippen molar-refractivity contribution in [3.8, 4) is 0 Å². The molecular formula is C15H22N2O. The molecular weight excluding hydrogens is 224 g/mol. The maximum Gasteiger partial charge on any atom is 0.253 e. The molecule has 0 heterocycles. The molecule has 98 valence electrons. The van der Waals surface area contributed by atoms with Gasteiger partial charge in [0.25, 0.3) is 5.91 Å². The highest BCUT2D eigenvalue weighted by molar-refractivity contribution is 5.94. The Balaban J connectivity index is 1.99. The lowest BCUT2D eigenvalue weighted by molar-refractivity contribution is 0.0827. The molecule has 1 fully saturated rings. The van der Waals surface area contributed by atoms with Crippen LogP contribution in [0.3, 0.4) is 0 Å². The van der Waals surface area contributed by atoms with Crippen LogP contribution in [0.1, 0.15) is 36.5 Å². The molecule has 0 bridgehead atoms. The Morgan fingerprint density at radius 3 is 2.78 bits per heavy atom. The first-order valence-corrected chi connectivity index (χ1v) is 6.64. The van der Waals surface area contributed by atoms with Crippen LogP contribution in [0.15, 0.2) is 24.3 Å². The molecule has 3 heteroatoms. The SMILES string of the molecule is CC(CC1CC1)Nc1cccc(C(=O)N(C)C)c1. The average molecular weight is 246 g/mol. The molecule has 1 unspecified atom stereocenters. The van der Waals surface area contributed by atoms with Gasteiger partial charge < -0.3 is 10.2 Å². The third kappa shape index (κ3) is 3.49. The van der Waals surface area contributed by atoms with E-state index in [1.54, 1.807) is 19.0 Å². The molecule has 1 aromatic rings. The molecule has 1 aliphatic rings. The molecule has 1 aliphatic carbocycles. The van der Waals surface area contributed by atoms with Gasteiger partial charge in [0, 0.05) is 31.4 Å². The molecule has 2 rings (SSSR count). The second-order valence-electron chi connectivity index (χ2n) is 5.50. The minimum Gasteiger partial charge on any atom is -0.383 e. The predicted molar refractivity (Wildman–Crippen MR) is 74.9 cm³/mol.